The number of hydrogen-bond donors (Lipinski definition) is 0. The van der Waals surface area contributed by atoms with E-state index in [0.717, 1.165) is 13.0 Å². The molecular formula is C10H17N3O2. The molecule has 0 bridgehead atoms. The Bertz CT molecular complexity index is 320. The molecule has 5 nitrogen and oxygen atoms in total. The van der Waals surface area contributed by atoms with Gasteiger partial charge in [-0.15, -0.1) is 0 Å². The summed E-state index contributed by atoms with van der Waals surface area (Å²) in [6.45, 7) is 3.01. The minimum absolute atomic E-state index is 0.0572. The van der Waals surface area contributed by atoms with Crippen molar-refractivity contribution < 1.29 is 9.53 Å². The van der Waals surface area contributed by atoms with Crippen molar-refractivity contribution >= 4 is 5.91 Å². The second kappa shape index (κ2) is 5.38. The number of hydrogen-bond acceptors (Lipinski definition) is 3. The average Bonchev–Trinajstić information content (AvgIpc) is 2.62. The molecule has 5 heteroatoms. The molecular weight excluding hydrogens is 194 g/mol. The highest BCUT2D eigenvalue weighted by Crippen LogP contribution is 2.08. The number of ether oxygens (including phenoxy) is 1. The summed E-state index contributed by atoms with van der Waals surface area (Å²) in [5, 5.41) is 4.10. The maximum absolute atomic E-state index is 11.2. The lowest BCUT2D eigenvalue weighted by molar-refractivity contribution is -0.130. The van der Waals surface area contributed by atoms with E-state index in [-0.39, 0.29) is 12.5 Å². The first-order valence-corrected chi connectivity index (χ1v) is 4.99. The Labute approximate surface area is 89.6 Å². The largest absolute Gasteiger partial charge is 0.480 e. The third-order valence-corrected chi connectivity index (χ3v) is 1.92. The first-order chi connectivity index (χ1) is 7.13. The molecule has 0 aliphatic rings. The molecule has 0 atom stereocenters. The first kappa shape index (κ1) is 11.6. The Morgan fingerprint density at radius 3 is 2.93 bits per heavy atom. The van der Waals surface area contributed by atoms with E-state index in [1.807, 2.05) is 0 Å². The number of rotatable bonds is 5. The first-order valence-electron chi connectivity index (χ1n) is 4.99. The molecule has 0 saturated carbocycles. The topological polar surface area (TPSA) is 47.4 Å². The van der Waals surface area contributed by atoms with Crippen LogP contribution in [0, 0.1) is 0 Å². The van der Waals surface area contributed by atoms with Crippen LogP contribution in [0.1, 0.15) is 13.3 Å². The zero-order chi connectivity index (χ0) is 11.3. The minimum Gasteiger partial charge on any atom is -0.480 e. The molecule has 0 fully saturated rings. The van der Waals surface area contributed by atoms with Gasteiger partial charge in [-0.2, -0.15) is 5.10 Å². The second-order valence-corrected chi connectivity index (χ2v) is 3.52. The van der Waals surface area contributed by atoms with Gasteiger partial charge >= 0.3 is 0 Å². The summed E-state index contributed by atoms with van der Waals surface area (Å²) in [7, 11) is 3.40. The van der Waals surface area contributed by atoms with Crippen LogP contribution in [0.5, 0.6) is 5.75 Å². The van der Waals surface area contributed by atoms with Crippen molar-refractivity contribution in [1.82, 2.24) is 14.7 Å². The molecule has 15 heavy (non-hydrogen) atoms. The van der Waals surface area contributed by atoms with Crippen LogP contribution in [-0.4, -0.2) is 41.3 Å². The zero-order valence-electron chi connectivity index (χ0n) is 9.43. The van der Waals surface area contributed by atoms with Crippen molar-refractivity contribution in [3.8, 4) is 5.75 Å². The van der Waals surface area contributed by atoms with Crippen LogP contribution in [0.15, 0.2) is 12.4 Å². The smallest absolute Gasteiger partial charge is 0.259 e. The van der Waals surface area contributed by atoms with Gasteiger partial charge in [-0.05, 0) is 6.42 Å². The number of likely N-dealkylation sites (N-methyl/N-ethyl adjacent to an activating group) is 1. The lowest BCUT2D eigenvalue weighted by Crippen LogP contribution is -2.27. The minimum atomic E-state index is -0.0572. The number of nitrogens with zero attached hydrogens (tertiary/aromatic N) is 3. The lowest BCUT2D eigenvalue weighted by atomic mass is 10.5. The zero-order valence-corrected chi connectivity index (χ0v) is 9.43. The van der Waals surface area contributed by atoms with Crippen LogP contribution < -0.4 is 4.74 Å². The maximum Gasteiger partial charge on any atom is 0.259 e. The molecule has 0 N–H and O–H groups in total. The molecule has 0 unspecified atom stereocenters. The van der Waals surface area contributed by atoms with E-state index < -0.39 is 0 Å². The predicted molar refractivity (Wildman–Crippen MR) is 56.7 cm³/mol. The lowest BCUT2D eigenvalue weighted by Gasteiger charge is -2.09. The maximum atomic E-state index is 11.2. The molecule has 1 rings (SSSR count). The van der Waals surface area contributed by atoms with Gasteiger partial charge in [0.25, 0.3) is 5.91 Å². The number of carbonyl (C=O) groups excluding carboxylic acids is 1. The van der Waals surface area contributed by atoms with Crippen LogP contribution in [0.4, 0.5) is 0 Å². The molecule has 0 radical (unpaired) electrons. The second-order valence-electron chi connectivity index (χ2n) is 3.52. The normalized spacial score (nSPS) is 10.1. The van der Waals surface area contributed by atoms with Gasteiger partial charge in [-0.1, -0.05) is 6.92 Å². The van der Waals surface area contributed by atoms with Crippen molar-refractivity contribution in [3.05, 3.63) is 12.4 Å². The molecule has 1 aromatic rings. The Balaban J connectivity index is 2.40. The van der Waals surface area contributed by atoms with E-state index in [9.17, 15) is 4.79 Å². The van der Waals surface area contributed by atoms with Crippen LogP contribution in [-0.2, 0) is 11.3 Å². The van der Waals surface area contributed by atoms with Crippen molar-refractivity contribution in [2.75, 3.05) is 20.7 Å². The molecule has 84 valence electrons. The molecule has 1 heterocycles. The van der Waals surface area contributed by atoms with Gasteiger partial charge in [-0.25, -0.2) is 0 Å². The quantitative estimate of drug-likeness (QED) is 0.722. The molecule has 0 aromatic carbocycles. The number of amides is 1. The van der Waals surface area contributed by atoms with Gasteiger partial charge < -0.3 is 9.64 Å². The van der Waals surface area contributed by atoms with E-state index in [0.29, 0.717) is 5.75 Å². The van der Waals surface area contributed by atoms with Crippen molar-refractivity contribution in [2.45, 2.75) is 19.9 Å². The van der Waals surface area contributed by atoms with Gasteiger partial charge in [-0.3, -0.25) is 9.48 Å². The van der Waals surface area contributed by atoms with Crippen molar-refractivity contribution in [1.29, 1.82) is 0 Å². The number of aryl methyl sites for hydroxylation is 1. The van der Waals surface area contributed by atoms with Gasteiger partial charge in [0.05, 0.1) is 12.4 Å². The molecule has 0 aliphatic carbocycles. The van der Waals surface area contributed by atoms with Crippen LogP contribution >= 0.6 is 0 Å². The molecule has 1 aromatic heterocycles. The SMILES string of the molecule is CCCn1cc(OCC(=O)N(C)C)cn1. The fraction of sp³-hybridized carbons (Fsp3) is 0.600. The standard InChI is InChI=1S/C10H17N3O2/c1-4-5-13-7-9(6-11-13)15-8-10(14)12(2)3/h6-7H,4-5,8H2,1-3H3. The summed E-state index contributed by atoms with van der Waals surface area (Å²) < 4.78 is 7.08. The summed E-state index contributed by atoms with van der Waals surface area (Å²) in [6, 6.07) is 0. The fourth-order valence-corrected chi connectivity index (χ4v) is 1.04. The van der Waals surface area contributed by atoms with Crippen molar-refractivity contribution in [3.63, 3.8) is 0 Å². The van der Waals surface area contributed by atoms with E-state index in [1.165, 1.54) is 4.90 Å². The number of aromatic nitrogens is 2. The van der Waals surface area contributed by atoms with E-state index in [4.69, 9.17) is 4.74 Å². The summed E-state index contributed by atoms with van der Waals surface area (Å²) in [6.07, 6.45) is 4.45. The Hall–Kier alpha value is -1.52. The Morgan fingerprint density at radius 2 is 2.33 bits per heavy atom. The van der Waals surface area contributed by atoms with Crippen LogP contribution in [0.3, 0.4) is 0 Å². The average molecular weight is 211 g/mol. The fourth-order valence-electron chi connectivity index (χ4n) is 1.04. The van der Waals surface area contributed by atoms with Gasteiger partial charge in [0.2, 0.25) is 0 Å². The third kappa shape index (κ3) is 3.61. The van der Waals surface area contributed by atoms with Crippen LogP contribution in [0.25, 0.3) is 0 Å². The highest BCUT2D eigenvalue weighted by molar-refractivity contribution is 5.77. The predicted octanol–water partition coefficient (Wildman–Crippen LogP) is 0.760. The molecule has 0 saturated heterocycles. The molecule has 0 spiro atoms. The van der Waals surface area contributed by atoms with E-state index >= 15 is 0 Å². The van der Waals surface area contributed by atoms with Gasteiger partial charge in [0, 0.05) is 20.6 Å². The van der Waals surface area contributed by atoms with Gasteiger partial charge in [0.15, 0.2) is 12.4 Å². The Kier molecular flexibility index (Phi) is 4.15. The third-order valence-electron chi connectivity index (χ3n) is 1.92. The summed E-state index contributed by atoms with van der Waals surface area (Å²) in [5.74, 6) is 0.580. The number of carbonyl (C=O) groups is 1. The highest BCUT2D eigenvalue weighted by Gasteiger charge is 2.05. The summed E-state index contributed by atoms with van der Waals surface area (Å²) >= 11 is 0. The monoisotopic (exact) mass is 211 g/mol. The van der Waals surface area contributed by atoms with E-state index in [2.05, 4.69) is 12.0 Å². The summed E-state index contributed by atoms with van der Waals surface area (Å²) in [5.41, 5.74) is 0. The van der Waals surface area contributed by atoms with E-state index in [1.54, 1.807) is 31.2 Å². The summed E-state index contributed by atoms with van der Waals surface area (Å²) in [4.78, 5) is 12.7. The highest BCUT2D eigenvalue weighted by atomic mass is 16.5. The van der Waals surface area contributed by atoms with Gasteiger partial charge in [0.1, 0.15) is 0 Å². The van der Waals surface area contributed by atoms with Crippen molar-refractivity contribution in [2.24, 2.45) is 0 Å². The molecule has 1 amide bonds. The van der Waals surface area contributed by atoms with Crippen LogP contribution in [0.2, 0.25) is 0 Å². The Morgan fingerprint density at radius 1 is 1.60 bits per heavy atom. The molecule has 0 aliphatic heterocycles.